The van der Waals surface area contributed by atoms with E-state index in [2.05, 4.69) is 4.98 Å². The summed E-state index contributed by atoms with van der Waals surface area (Å²) in [6.45, 7) is 0. The molecule has 0 N–H and O–H groups in total. The number of benzene rings is 2. The van der Waals surface area contributed by atoms with Gasteiger partial charge in [-0.1, -0.05) is 12.1 Å². The third kappa shape index (κ3) is 2.78. The predicted octanol–water partition coefficient (Wildman–Crippen LogP) is 3.30. The van der Waals surface area contributed by atoms with Crippen LogP contribution in [-0.2, 0) is 17.6 Å². The van der Waals surface area contributed by atoms with Crippen LogP contribution in [-0.4, -0.2) is 25.2 Å². The number of methoxy groups -OCH3 is 2. The van der Waals surface area contributed by atoms with Gasteiger partial charge in [-0.15, -0.1) is 0 Å². The minimum absolute atomic E-state index is 0.198. The summed E-state index contributed by atoms with van der Waals surface area (Å²) in [6.07, 6.45) is 4.70. The Morgan fingerprint density at radius 2 is 1.88 bits per heavy atom. The van der Waals surface area contributed by atoms with Crippen LogP contribution < -0.4 is 14.2 Å². The van der Waals surface area contributed by atoms with E-state index in [-0.39, 0.29) is 5.97 Å². The summed E-state index contributed by atoms with van der Waals surface area (Å²) < 4.78 is 16.0. The Kier molecular flexibility index (Phi) is 3.76. The molecule has 5 nitrogen and oxygen atoms in total. The van der Waals surface area contributed by atoms with Crippen LogP contribution in [0.1, 0.15) is 16.7 Å². The molecule has 0 atom stereocenters. The summed E-state index contributed by atoms with van der Waals surface area (Å²) in [5.41, 5.74) is 3.08. The number of aromatic nitrogens is 1. The maximum atomic E-state index is 11.4. The summed E-state index contributed by atoms with van der Waals surface area (Å²) in [5, 5.41) is 2.05. The zero-order valence-electron chi connectivity index (χ0n) is 14.0. The van der Waals surface area contributed by atoms with Crippen LogP contribution in [0.5, 0.6) is 17.2 Å². The fourth-order valence-corrected chi connectivity index (χ4v) is 3.18. The lowest BCUT2D eigenvalue weighted by Crippen LogP contribution is -2.00. The van der Waals surface area contributed by atoms with Crippen molar-refractivity contribution in [3.05, 3.63) is 59.4 Å². The molecule has 0 radical (unpaired) electrons. The highest BCUT2D eigenvalue weighted by Crippen LogP contribution is 2.34. The van der Waals surface area contributed by atoms with Gasteiger partial charge in [0.1, 0.15) is 5.75 Å². The highest BCUT2D eigenvalue weighted by molar-refractivity contribution is 5.88. The van der Waals surface area contributed by atoms with Gasteiger partial charge in [-0.3, -0.25) is 9.78 Å². The lowest BCUT2D eigenvalue weighted by atomic mass is 9.99. The van der Waals surface area contributed by atoms with E-state index < -0.39 is 0 Å². The summed E-state index contributed by atoms with van der Waals surface area (Å²) in [4.78, 5) is 15.8. The minimum Gasteiger partial charge on any atom is -0.493 e. The summed E-state index contributed by atoms with van der Waals surface area (Å²) in [5.74, 6) is 1.83. The van der Waals surface area contributed by atoms with Crippen LogP contribution in [0.3, 0.4) is 0 Å². The molecule has 5 heteroatoms. The van der Waals surface area contributed by atoms with Crippen molar-refractivity contribution in [2.75, 3.05) is 14.2 Å². The first kappa shape index (κ1) is 15.4. The molecule has 0 spiro atoms. The predicted molar refractivity (Wildman–Crippen MR) is 93.4 cm³/mol. The van der Waals surface area contributed by atoms with E-state index >= 15 is 0 Å². The van der Waals surface area contributed by atoms with Gasteiger partial charge in [0.2, 0.25) is 0 Å². The standard InChI is InChI=1S/C20H17NO4/c1-23-18-7-15-11-21-10-14(16(15)9-19(18)24-2)5-12-3-4-13-8-20(22)25-17(13)6-12/h3-4,6-7,9-11H,5,8H2,1-2H3. The van der Waals surface area contributed by atoms with Crippen molar-refractivity contribution in [1.82, 2.24) is 4.98 Å². The largest absolute Gasteiger partial charge is 0.493 e. The number of hydrogen-bond acceptors (Lipinski definition) is 5. The average Bonchev–Trinajstić information content (AvgIpc) is 3.00. The van der Waals surface area contributed by atoms with Crippen LogP contribution in [0.2, 0.25) is 0 Å². The smallest absolute Gasteiger partial charge is 0.315 e. The lowest BCUT2D eigenvalue weighted by molar-refractivity contribution is -0.131. The third-order valence-electron chi connectivity index (χ3n) is 4.43. The third-order valence-corrected chi connectivity index (χ3v) is 4.43. The Morgan fingerprint density at radius 3 is 2.68 bits per heavy atom. The average molecular weight is 335 g/mol. The number of carbonyl (C=O) groups is 1. The van der Waals surface area contributed by atoms with Crippen LogP contribution in [0.25, 0.3) is 10.8 Å². The van der Waals surface area contributed by atoms with Crippen LogP contribution in [0.4, 0.5) is 0 Å². The number of pyridine rings is 1. The van der Waals surface area contributed by atoms with Crippen LogP contribution >= 0.6 is 0 Å². The SMILES string of the molecule is COc1cc2cncc(Cc3ccc4c(c3)OC(=O)C4)c2cc1OC. The maximum Gasteiger partial charge on any atom is 0.315 e. The van der Waals surface area contributed by atoms with Crippen molar-refractivity contribution in [2.45, 2.75) is 12.8 Å². The number of carbonyl (C=O) groups excluding carboxylic acids is 1. The zero-order chi connectivity index (χ0) is 17.4. The molecule has 0 unspecified atom stereocenters. The van der Waals surface area contributed by atoms with Crippen molar-refractivity contribution in [3.8, 4) is 17.2 Å². The second-order valence-electron chi connectivity index (χ2n) is 6.00. The number of rotatable bonds is 4. The van der Waals surface area contributed by atoms with Gasteiger partial charge in [0.25, 0.3) is 0 Å². The van der Waals surface area contributed by atoms with E-state index in [1.165, 1.54) is 0 Å². The molecule has 0 aliphatic carbocycles. The Labute approximate surface area is 145 Å². The summed E-state index contributed by atoms with van der Waals surface area (Å²) >= 11 is 0. The van der Waals surface area contributed by atoms with Crippen LogP contribution in [0.15, 0.2) is 42.7 Å². The number of ether oxygens (including phenoxy) is 3. The minimum atomic E-state index is -0.198. The molecule has 126 valence electrons. The lowest BCUT2D eigenvalue weighted by Gasteiger charge is -2.12. The van der Waals surface area contributed by atoms with Gasteiger partial charge in [0, 0.05) is 23.3 Å². The van der Waals surface area contributed by atoms with E-state index in [4.69, 9.17) is 14.2 Å². The first-order valence-corrected chi connectivity index (χ1v) is 7.99. The van der Waals surface area contributed by atoms with Gasteiger partial charge in [0.05, 0.1) is 20.6 Å². The fraction of sp³-hybridized carbons (Fsp3) is 0.200. The molecule has 0 amide bonds. The Balaban J connectivity index is 1.74. The van der Waals surface area contributed by atoms with Gasteiger partial charge in [-0.05, 0) is 41.1 Å². The first-order valence-electron chi connectivity index (χ1n) is 7.99. The molecule has 25 heavy (non-hydrogen) atoms. The molecular formula is C20H17NO4. The Hall–Kier alpha value is -3.08. The Morgan fingerprint density at radius 1 is 1.08 bits per heavy atom. The number of fused-ring (bicyclic) bond motifs is 2. The van der Waals surface area contributed by atoms with Gasteiger partial charge >= 0.3 is 5.97 Å². The molecule has 2 heterocycles. The van der Waals surface area contributed by atoms with Crippen molar-refractivity contribution in [3.63, 3.8) is 0 Å². The number of esters is 1. The molecule has 0 saturated carbocycles. The second-order valence-corrected chi connectivity index (χ2v) is 6.00. The molecule has 3 aromatic rings. The highest BCUT2D eigenvalue weighted by Gasteiger charge is 2.20. The van der Waals surface area contributed by atoms with Gasteiger partial charge in [-0.25, -0.2) is 0 Å². The maximum absolute atomic E-state index is 11.4. The molecule has 0 saturated heterocycles. The molecule has 1 aliphatic rings. The van der Waals surface area contributed by atoms with Crippen molar-refractivity contribution >= 4 is 16.7 Å². The molecule has 1 aromatic heterocycles. The second kappa shape index (κ2) is 6.09. The topological polar surface area (TPSA) is 57.7 Å². The highest BCUT2D eigenvalue weighted by atomic mass is 16.5. The van der Waals surface area contributed by atoms with Crippen molar-refractivity contribution in [2.24, 2.45) is 0 Å². The monoisotopic (exact) mass is 335 g/mol. The van der Waals surface area contributed by atoms with E-state index in [0.29, 0.717) is 30.1 Å². The van der Waals surface area contributed by atoms with E-state index in [9.17, 15) is 4.79 Å². The number of nitrogens with zero attached hydrogens (tertiary/aromatic N) is 1. The van der Waals surface area contributed by atoms with Gasteiger partial charge < -0.3 is 14.2 Å². The van der Waals surface area contributed by atoms with E-state index in [0.717, 1.165) is 27.5 Å². The summed E-state index contributed by atoms with van der Waals surface area (Å²) in [7, 11) is 3.24. The van der Waals surface area contributed by atoms with Gasteiger partial charge in [-0.2, -0.15) is 0 Å². The van der Waals surface area contributed by atoms with Gasteiger partial charge in [0.15, 0.2) is 11.5 Å². The zero-order valence-corrected chi connectivity index (χ0v) is 14.0. The fourth-order valence-electron chi connectivity index (χ4n) is 3.18. The molecule has 4 rings (SSSR count). The first-order chi connectivity index (χ1) is 12.2. The van der Waals surface area contributed by atoms with Crippen molar-refractivity contribution in [1.29, 1.82) is 0 Å². The van der Waals surface area contributed by atoms with E-state index in [1.54, 1.807) is 14.2 Å². The molecule has 0 fully saturated rings. The normalized spacial score (nSPS) is 12.8. The summed E-state index contributed by atoms with van der Waals surface area (Å²) in [6, 6.07) is 9.81. The molecule has 2 aromatic carbocycles. The van der Waals surface area contributed by atoms with Crippen LogP contribution in [0, 0.1) is 0 Å². The number of hydrogen-bond donors (Lipinski definition) is 0. The Bertz CT molecular complexity index is 981. The van der Waals surface area contributed by atoms with E-state index in [1.807, 2.05) is 42.7 Å². The quantitative estimate of drug-likeness (QED) is 0.541. The molecule has 1 aliphatic heterocycles. The molecular weight excluding hydrogens is 318 g/mol. The molecule has 0 bridgehead atoms. The van der Waals surface area contributed by atoms with Crippen molar-refractivity contribution < 1.29 is 19.0 Å².